The van der Waals surface area contributed by atoms with Crippen LogP contribution in [0.3, 0.4) is 0 Å². The Hall–Kier alpha value is -3.09. The van der Waals surface area contributed by atoms with Crippen molar-refractivity contribution in [1.82, 2.24) is 14.6 Å². The molecule has 0 bridgehead atoms. The summed E-state index contributed by atoms with van der Waals surface area (Å²) >= 11 is 0. The molecule has 0 spiro atoms. The molecular weight excluding hydrogens is 286 g/mol. The fourth-order valence-corrected chi connectivity index (χ4v) is 2.14. The summed E-state index contributed by atoms with van der Waals surface area (Å²) in [5.74, 6) is 0.513. The fraction of sp³-hybridized carbons (Fsp3) is 0.133. The number of hydrogen-bond acceptors (Lipinski definition) is 5. The van der Waals surface area contributed by atoms with Crippen LogP contribution in [-0.4, -0.2) is 34.8 Å². The third kappa shape index (κ3) is 2.32. The summed E-state index contributed by atoms with van der Waals surface area (Å²) in [6.07, 6.45) is 1.46. The average molecular weight is 299 g/mol. The molecule has 7 heteroatoms. The van der Waals surface area contributed by atoms with Crippen LogP contribution in [0.4, 0.5) is 0 Å². The number of nitrogens with zero attached hydrogens (tertiary/aromatic N) is 2. The lowest BCUT2D eigenvalue weighted by Crippen LogP contribution is -2.13. The van der Waals surface area contributed by atoms with Crippen LogP contribution < -0.4 is 10.3 Å². The number of carbonyl (C=O) groups is 1. The molecular formula is C15H13N3O4. The van der Waals surface area contributed by atoms with E-state index in [1.165, 1.54) is 23.9 Å². The minimum Gasteiger partial charge on any atom is -0.497 e. The van der Waals surface area contributed by atoms with Gasteiger partial charge in [-0.15, -0.1) is 5.10 Å². The molecule has 0 radical (unpaired) electrons. The predicted octanol–water partition coefficient (Wildman–Crippen LogP) is 1.48. The standard InChI is InChI=1S/C15H13N3O4/c1-21-11-5-3-4-9(6-11)13-16-14(19)12-7-10(15(20)22-2)8-18(12)17-13/h3-8H,1-2H3,(H,16,17,19). The van der Waals surface area contributed by atoms with Crippen molar-refractivity contribution in [1.29, 1.82) is 0 Å². The van der Waals surface area contributed by atoms with Gasteiger partial charge in [0.2, 0.25) is 0 Å². The van der Waals surface area contributed by atoms with Crippen LogP contribution in [0.5, 0.6) is 5.75 Å². The SMILES string of the molecule is COC(=O)c1cc2c(=O)[nH]c(-c3cccc(OC)c3)nn2c1. The van der Waals surface area contributed by atoms with Crippen LogP contribution in [0.15, 0.2) is 41.3 Å². The zero-order valence-corrected chi connectivity index (χ0v) is 12.0. The van der Waals surface area contributed by atoms with Gasteiger partial charge in [0, 0.05) is 11.8 Å². The summed E-state index contributed by atoms with van der Waals surface area (Å²) in [5.41, 5.74) is 0.893. The monoisotopic (exact) mass is 299 g/mol. The number of fused-ring (bicyclic) bond motifs is 1. The van der Waals surface area contributed by atoms with Gasteiger partial charge >= 0.3 is 5.97 Å². The average Bonchev–Trinajstić information content (AvgIpc) is 2.99. The Bertz CT molecular complexity index is 911. The van der Waals surface area contributed by atoms with Crippen molar-refractivity contribution < 1.29 is 14.3 Å². The van der Waals surface area contributed by atoms with Crippen LogP contribution in [0.1, 0.15) is 10.4 Å². The first-order valence-corrected chi connectivity index (χ1v) is 6.48. The summed E-state index contributed by atoms with van der Waals surface area (Å²) in [4.78, 5) is 26.4. The molecule has 0 unspecified atom stereocenters. The fourth-order valence-electron chi connectivity index (χ4n) is 2.14. The van der Waals surface area contributed by atoms with Crippen molar-refractivity contribution in [3.63, 3.8) is 0 Å². The van der Waals surface area contributed by atoms with E-state index in [-0.39, 0.29) is 16.6 Å². The van der Waals surface area contributed by atoms with E-state index < -0.39 is 5.97 Å². The third-order valence-corrected chi connectivity index (χ3v) is 3.24. The Balaban J connectivity index is 2.15. The van der Waals surface area contributed by atoms with Gasteiger partial charge in [-0.05, 0) is 18.2 Å². The van der Waals surface area contributed by atoms with Crippen molar-refractivity contribution in [3.05, 3.63) is 52.4 Å². The minimum atomic E-state index is -0.521. The second-order valence-electron chi connectivity index (χ2n) is 4.58. The van der Waals surface area contributed by atoms with E-state index in [2.05, 4.69) is 14.8 Å². The molecule has 7 nitrogen and oxygen atoms in total. The molecule has 0 aliphatic rings. The van der Waals surface area contributed by atoms with Crippen LogP contribution in [0, 0.1) is 0 Å². The molecule has 112 valence electrons. The summed E-state index contributed by atoms with van der Waals surface area (Å²) < 4.78 is 11.2. The molecule has 2 aromatic heterocycles. The Labute approximate surface area is 125 Å². The number of nitrogens with one attached hydrogen (secondary N) is 1. The van der Waals surface area contributed by atoms with Crippen molar-refractivity contribution in [2.45, 2.75) is 0 Å². The first-order chi connectivity index (χ1) is 10.6. The van der Waals surface area contributed by atoms with Gasteiger partial charge in [-0.3, -0.25) is 4.79 Å². The zero-order valence-electron chi connectivity index (χ0n) is 12.0. The lowest BCUT2D eigenvalue weighted by molar-refractivity contribution is 0.0601. The van der Waals surface area contributed by atoms with E-state index >= 15 is 0 Å². The summed E-state index contributed by atoms with van der Waals surface area (Å²) in [6.45, 7) is 0. The van der Waals surface area contributed by atoms with Gasteiger partial charge in [-0.1, -0.05) is 12.1 Å². The van der Waals surface area contributed by atoms with Crippen LogP contribution in [0.25, 0.3) is 16.9 Å². The maximum absolute atomic E-state index is 12.2. The summed E-state index contributed by atoms with van der Waals surface area (Å²) in [7, 11) is 2.84. The number of rotatable bonds is 3. The van der Waals surface area contributed by atoms with Crippen molar-refractivity contribution >= 4 is 11.5 Å². The lowest BCUT2D eigenvalue weighted by Gasteiger charge is -2.04. The number of methoxy groups -OCH3 is 2. The molecule has 0 atom stereocenters. The molecule has 3 aromatic rings. The Morgan fingerprint density at radius 2 is 2.09 bits per heavy atom. The highest BCUT2D eigenvalue weighted by Gasteiger charge is 2.13. The topological polar surface area (TPSA) is 85.7 Å². The minimum absolute atomic E-state index is 0.267. The van der Waals surface area contributed by atoms with Gasteiger partial charge in [0.15, 0.2) is 5.82 Å². The molecule has 0 aliphatic heterocycles. The Morgan fingerprint density at radius 1 is 1.27 bits per heavy atom. The second kappa shape index (κ2) is 5.36. The number of ether oxygens (including phenoxy) is 2. The summed E-state index contributed by atoms with van der Waals surface area (Å²) in [6, 6.07) is 8.60. The molecule has 0 aliphatic carbocycles. The van der Waals surface area contributed by atoms with Crippen molar-refractivity contribution in [2.75, 3.05) is 14.2 Å². The molecule has 0 saturated heterocycles. The van der Waals surface area contributed by atoms with Gasteiger partial charge in [-0.2, -0.15) is 0 Å². The highest BCUT2D eigenvalue weighted by molar-refractivity contribution is 5.90. The Kier molecular flexibility index (Phi) is 3.38. The van der Waals surface area contributed by atoms with Gasteiger partial charge in [-0.25, -0.2) is 9.31 Å². The highest BCUT2D eigenvalue weighted by Crippen LogP contribution is 2.20. The van der Waals surface area contributed by atoms with E-state index in [0.717, 1.165) is 0 Å². The van der Waals surface area contributed by atoms with Crippen LogP contribution in [-0.2, 0) is 4.74 Å². The normalized spacial score (nSPS) is 10.6. The largest absolute Gasteiger partial charge is 0.497 e. The number of aromatic nitrogens is 3. The van der Waals surface area contributed by atoms with E-state index in [4.69, 9.17) is 4.74 Å². The van der Waals surface area contributed by atoms with E-state index in [0.29, 0.717) is 17.1 Å². The molecule has 22 heavy (non-hydrogen) atoms. The maximum atomic E-state index is 12.2. The van der Waals surface area contributed by atoms with Gasteiger partial charge < -0.3 is 14.5 Å². The van der Waals surface area contributed by atoms with Gasteiger partial charge in [0.05, 0.1) is 19.8 Å². The smallest absolute Gasteiger partial charge is 0.339 e. The lowest BCUT2D eigenvalue weighted by atomic mass is 10.2. The third-order valence-electron chi connectivity index (χ3n) is 3.24. The summed E-state index contributed by atoms with van der Waals surface area (Å²) in [5, 5.41) is 4.32. The molecule has 0 amide bonds. The molecule has 1 N–H and O–H groups in total. The zero-order chi connectivity index (χ0) is 15.7. The van der Waals surface area contributed by atoms with E-state index in [1.807, 2.05) is 0 Å². The van der Waals surface area contributed by atoms with Crippen LogP contribution in [0.2, 0.25) is 0 Å². The predicted molar refractivity (Wildman–Crippen MR) is 79.1 cm³/mol. The maximum Gasteiger partial charge on any atom is 0.339 e. The molecule has 0 saturated carbocycles. The van der Waals surface area contributed by atoms with E-state index in [1.54, 1.807) is 31.4 Å². The molecule has 2 heterocycles. The number of benzene rings is 1. The first kappa shape index (κ1) is 13.9. The molecule has 3 rings (SSSR count). The molecule has 0 fully saturated rings. The van der Waals surface area contributed by atoms with Crippen LogP contribution >= 0.6 is 0 Å². The van der Waals surface area contributed by atoms with Crippen molar-refractivity contribution in [3.8, 4) is 17.1 Å². The number of aromatic amines is 1. The first-order valence-electron chi connectivity index (χ1n) is 6.48. The highest BCUT2D eigenvalue weighted by atomic mass is 16.5. The number of esters is 1. The number of H-pyrrole nitrogens is 1. The Morgan fingerprint density at radius 3 is 2.82 bits per heavy atom. The van der Waals surface area contributed by atoms with Crippen molar-refractivity contribution in [2.24, 2.45) is 0 Å². The van der Waals surface area contributed by atoms with Gasteiger partial charge in [0.1, 0.15) is 11.3 Å². The molecule has 1 aromatic carbocycles. The number of carbonyl (C=O) groups excluding carboxylic acids is 1. The van der Waals surface area contributed by atoms with Gasteiger partial charge in [0.25, 0.3) is 5.56 Å². The second-order valence-corrected chi connectivity index (χ2v) is 4.58. The quantitative estimate of drug-likeness (QED) is 0.740. The number of hydrogen-bond donors (Lipinski definition) is 1. The van der Waals surface area contributed by atoms with E-state index in [9.17, 15) is 9.59 Å².